The molecule has 1 rings (SSSR count). The number of nitrogens with one attached hydrogen (secondary N) is 1. The first kappa shape index (κ1) is 16.5. The minimum absolute atomic E-state index is 0.0691. The topological polar surface area (TPSA) is 72.2 Å². The molecule has 19 heavy (non-hydrogen) atoms. The zero-order chi connectivity index (χ0) is 14.3. The highest BCUT2D eigenvalue weighted by Crippen LogP contribution is 2.34. The highest BCUT2D eigenvalue weighted by Gasteiger charge is 2.34. The molecule has 1 aliphatic carbocycles. The Hall–Kier alpha value is -0.590. The van der Waals surface area contributed by atoms with Crippen LogP contribution in [0.15, 0.2) is 12.7 Å². The second-order valence-corrected chi connectivity index (χ2v) is 5.87. The molecule has 0 aromatic carbocycles. The normalized spacial score (nSPS) is 18.8. The van der Waals surface area contributed by atoms with Gasteiger partial charge in [0.05, 0.1) is 28.8 Å². The number of amides is 2. The van der Waals surface area contributed by atoms with Crippen molar-refractivity contribution >= 4 is 34.7 Å². The van der Waals surface area contributed by atoms with Crippen molar-refractivity contribution in [1.29, 1.82) is 0 Å². The van der Waals surface area contributed by atoms with Gasteiger partial charge in [0.2, 0.25) is 11.8 Å². The van der Waals surface area contributed by atoms with E-state index in [2.05, 4.69) is 10.1 Å². The summed E-state index contributed by atoms with van der Waals surface area (Å²) in [4.78, 5) is 23.7. The minimum Gasteiger partial charge on any atom is -0.369 e. The van der Waals surface area contributed by atoms with Crippen LogP contribution in [0, 0.1) is 17.8 Å². The van der Waals surface area contributed by atoms with Crippen molar-refractivity contribution in [2.24, 2.45) is 23.5 Å². The first-order chi connectivity index (χ1) is 9.10. The number of allylic oxidation sites excluding steroid dienone is 1. The molecule has 3 N–H and O–H groups in total. The third-order valence-electron chi connectivity index (χ3n) is 4.02. The number of carbonyl (C=O) groups is 2. The van der Waals surface area contributed by atoms with E-state index in [1.807, 2.05) is 22.9 Å². The van der Waals surface area contributed by atoms with E-state index in [0.29, 0.717) is 18.8 Å². The summed E-state index contributed by atoms with van der Waals surface area (Å²) in [6.45, 7) is 3.67. The van der Waals surface area contributed by atoms with Crippen LogP contribution in [0.25, 0.3) is 0 Å². The Morgan fingerprint density at radius 3 is 2.47 bits per heavy atom. The van der Waals surface area contributed by atoms with Crippen LogP contribution in [0.3, 0.4) is 0 Å². The molecular weight excluding hydrogens is 355 g/mol. The van der Waals surface area contributed by atoms with Crippen molar-refractivity contribution in [2.75, 3.05) is 0 Å². The number of hydrogen-bond donors (Lipinski definition) is 2. The van der Waals surface area contributed by atoms with Crippen molar-refractivity contribution in [1.82, 2.24) is 3.53 Å². The van der Waals surface area contributed by atoms with Gasteiger partial charge in [-0.05, 0) is 25.2 Å². The summed E-state index contributed by atoms with van der Waals surface area (Å²) in [7, 11) is 0. The fourth-order valence-corrected chi connectivity index (χ4v) is 3.37. The summed E-state index contributed by atoms with van der Waals surface area (Å²) in [5, 5.41) is 0. The number of rotatable bonds is 8. The van der Waals surface area contributed by atoms with Crippen molar-refractivity contribution in [3.05, 3.63) is 12.7 Å². The van der Waals surface area contributed by atoms with E-state index in [4.69, 9.17) is 5.73 Å². The van der Waals surface area contributed by atoms with E-state index in [1.54, 1.807) is 6.08 Å². The van der Waals surface area contributed by atoms with Crippen LogP contribution in [0.4, 0.5) is 0 Å². The third-order valence-corrected chi connectivity index (χ3v) is 4.56. The molecule has 0 spiro atoms. The van der Waals surface area contributed by atoms with E-state index in [9.17, 15) is 9.59 Å². The van der Waals surface area contributed by atoms with Gasteiger partial charge >= 0.3 is 0 Å². The fourth-order valence-electron chi connectivity index (χ4n) is 2.97. The molecule has 0 aliphatic heterocycles. The Bertz CT molecular complexity index is 327. The van der Waals surface area contributed by atoms with Crippen molar-refractivity contribution in [3.63, 3.8) is 0 Å². The summed E-state index contributed by atoms with van der Waals surface area (Å²) in [6.07, 6.45) is 8.66. The van der Waals surface area contributed by atoms with Gasteiger partial charge in [-0.2, -0.15) is 0 Å². The van der Waals surface area contributed by atoms with E-state index in [-0.39, 0.29) is 23.7 Å². The SMILES string of the molecule is C=CCC[C@H](C(N)=O)C(CC1CCCC1)C(=O)NI. The first-order valence-corrected chi connectivity index (χ1v) is 7.98. The molecule has 0 aromatic rings. The van der Waals surface area contributed by atoms with Gasteiger partial charge in [-0.1, -0.05) is 31.8 Å². The second-order valence-electron chi connectivity index (χ2n) is 5.33. The van der Waals surface area contributed by atoms with Crippen LogP contribution < -0.4 is 9.26 Å². The average molecular weight is 378 g/mol. The lowest BCUT2D eigenvalue weighted by molar-refractivity contribution is -0.132. The standard InChI is InChI=1S/C14H23IN2O2/c1-2-3-8-11(13(16)18)12(14(19)17-15)9-10-6-4-5-7-10/h2,10-12H,1,3-9H2,(H2,16,18)(H,17,19)/t11-,12?/m0/s1. The Balaban J connectivity index is 2.75. The zero-order valence-electron chi connectivity index (χ0n) is 11.2. The molecule has 1 saturated carbocycles. The van der Waals surface area contributed by atoms with Gasteiger partial charge in [-0.25, -0.2) is 0 Å². The van der Waals surface area contributed by atoms with Gasteiger partial charge in [0.15, 0.2) is 0 Å². The Morgan fingerprint density at radius 1 is 1.37 bits per heavy atom. The number of carbonyl (C=O) groups excluding carboxylic acids is 2. The van der Waals surface area contributed by atoms with E-state index >= 15 is 0 Å². The van der Waals surface area contributed by atoms with Crippen molar-refractivity contribution < 1.29 is 9.59 Å². The maximum atomic E-state index is 12.1. The van der Waals surface area contributed by atoms with Crippen LogP contribution in [-0.4, -0.2) is 11.8 Å². The molecule has 2 atom stereocenters. The molecule has 1 fully saturated rings. The maximum Gasteiger partial charge on any atom is 0.232 e. The van der Waals surface area contributed by atoms with Gasteiger partial charge in [-0.15, -0.1) is 6.58 Å². The molecule has 0 heterocycles. The Morgan fingerprint density at radius 2 is 2.00 bits per heavy atom. The second kappa shape index (κ2) is 8.55. The smallest absolute Gasteiger partial charge is 0.232 e. The highest BCUT2D eigenvalue weighted by atomic mass is 127. The predicted molar refractivity (Wildman–Crippen MR) is 84.3 cm³/mol. The molecule has 0 bridgehead atoms. The van der Waals surface area contributed by atoms with Crippen molar-refractivity contribution in [3.8, 4) is 0 Å². The summed E-state index contributed by atoms with van der Waals surface area (Å²) >= 11 is 1.84. The highest BCUT2D eigenvalue weighted by molar-refractivity contribution is 14.1. The molecule has 2 amide bonds. The van der Waals surface area contributed by atoms with Gasteiger partial charge in [0, 0.05) is 5.92 Å². The molecule has 5 heteroatoms. The van der Waals surface area contributed by atoms with Crippen LogP contribution >= 0.6 is 22.9 Å². The Labute approximate surface area is 129 Å². The van der Waals surface area contributed by atoms with E-state index < -0.39 is 0 Å². The maximum absolute atomic E-state index is 12.1. The predicted octanol–water partition coefficient (Wildman–Crippen LogP) is 2.72. The van der Waals surface area contributed by atoms with E-state index in [1.165, 1.54) is 12.8 Å². The van der Waals surface area contributed by atoms with Gasteiger partial charge in [-0.3, -0.25) is 13.1 Å². The lowest BCUT2D eigenvalue weighted by Gasteiger charge is -2.25. The van der Waals surface area contributed by atoms with Gasteiger partial charge < -0.3 is 5.73 Å². The fraction of sp³-hybridized carbons (Fsp3) is 0.714. The molecule has 1 aliphatic rings. The summed E-state index contributed by atoms with van der Waals surface area (Å²) in [5.74, 6) is -0.555. The summed E-state index contributed by atoms with van der Waals surface area (Å²) in [6, 6.07) is 0. The summed E-state index contributed by atoms with van der Waals surface area (Å²) in [5.41, 5.74) is 5.49. The largest absolute Gasteiger partial charge is 0.369 e. The molecular formula is C14H23IN2O2. The number of halogens is 1. The first-order valence-electron chi connectivity index (χ1n) is 6.90. The monoisotopic (exact) mass is 378 g/mol. The average Bonchev–Trinajstić information content (AvgIpc) is 2.89. The van der Waals surface area contributed by atoms with Crippen LogP contribution in [0.5, 0.6) is 0 Å². The van der Waals surface area contributed by atoms with Crippen molar-refractivity contribution in [2.45, 2.75) is 44.9 Å². The van der Waals surface area contributed by atoms with Gasteiger partial charge in [0.25, 0.3) is 0 Å². The van der Waals surface area contributed by atoms with Crippen LogP contribution in [-0.2, 0) is 9.59 Å². The summed E-state index contributed by atoms with van der Waals surface area (Å²) < 4.78 is 2.65. The van der Waals surface area contributed by atoms with E-state index in [0.717, 1.165) is 19.3 Å². The number of nitrogens with two attached hydrogens (primary N) is 1. The molecule has 0 saturated heterocycles. The van der Waals surface area contributed by atoms with Crippen LogP contribution in [0.2, 0.25) is 0 Å². The molecule has 4 nitrogen and oxygen atoms in total. The Kier molecular flexibility index (Phi) is 7.41. The minimum atomic E-state index is -0.381. The lowest BCUT2D eigenvalue weighted by atomic mass is 9.80. The lowest BCUT2D eigenvalue weighted by Crippen LogP contribution is -2.38. The molecule has 0 aromatic heterocycles. The molecule has 1 unspecified atom stereocenters. The molecule has 108 valence electrons. The number of primary amides is 1. The number of hydrogen-bond acceptors (Lipinski definition) is 2. The zero-order valence-corrected chi connectivity index (χ0v) is 13.4. The molecule has 0 radical (unpaired) electrons. The quantitative estimate of drug-likeness (QED) is 0.387. The van der Waals surface area contributed by atoms with Gasteiger partial charge in [0.1, 0.15) is 0 Å². The van der Waals surface area contributed by atoms with Crippen LogP contribution in [0.1, 0.15) is 44.9 Å². The third kappa shape index (κ3) is 5.12.